The van der Waals surface area contributed by atoms with Crippen LogP contribution in [-0.2, 0) is 6.42 Å². The number of hydrogen-bond acceptors (Lipinski definition) is 4. The van der Waals surface area contributed by atoms with Crippen molar-refractivity contribution < 1.29 is 9.18 Å². The van der Waals surface area contributed by atoms with E-state index in [1.54, 1.807) is 6.20 Å². The Hall–Kier alpha value is -2.99. The zero-order chi connectivity index (χ0) is 24.0. The second kappa shape index (κ2) is 11.2. The summed E-state index contributed by atoms with van der Waals surface area (Å²) < 4.78 is 13.1. The molecule has 6 heteroatoms. The second-order valence-electron chi connectivity index (χ2n) is 9.96. The molecule has 0 unspecified atom stereocenters. The molecule has 1 N–H and O–H groups in total. The third kappa shape index (κ3) is 5.81. The van der Waals surface area contributed by atoms with E-state index in [0.29, 0.717) is 18.0 Å². The van der Waals surface area contributed by atoms with Crippen LogP contribution in [0.1, 0.15) is 48.0 Å². The number of nitrogens with zero attached hydrogens (tertiary/aromatic N) is 3. The Kier molecular flexibility index (Phi) is 7.57. The molecule has 0 spiro atoms. The summed E-state index contributed by atoms with van der Waals surface area (Å²) in [5.74, 6) is 1.29. The molecular formula is C29H35FN4O. The van der Waals surface area contributed by atoms with Gasteiger partial charge in [-0.3, -0.25) is 4.79 Å². The molecule has 1 amide bonds. The monoisotopic (exact) mass is 474 g/mol. The molecule has 2 aliphatic heterocycles. The van der Waals surface area contributed by atoms with Gasteiger partial charge in [-0.25, -0.2) is 9.37 Å². The molecule has 35 heavy (non-hydrogen) atoms. The number of benzene rings is 2. The number of nitrogens with one attached hydrogen (secondary N) is 1. The molecule has 2 saturated heterocycles. The maximum Gasteiger partial charge on any atom is 0.253 e. The van der Waals surface area contributed by atoms with Crippen LogP contribution in [0.2, 0.25) is 0 Å². The van der Waals surface area contributed by atoms with E-state index in [9.17, 15) is 9.18 Å². The first-order chi connectivity index (χ1) is 17.2. The van der Waals surface area contributed by atoms with Crippen molar-refractivity contribution in [1.29, 1.82) is 0 Å². The summed E-state index contributed by atoms with van der Waals surface area (Å²) in [4.78, 5) is 22.7. The minimum atomic E-state index is -0.182. The summed E-state index contributed by atoms with van der Waals surface area (Å²) >= 11 is 0. The third-order valence-corrected chi connectivity index (χ3v) is 7.56. The van der Waals surface area contributed by atoms with Crippen LogP contribution in [0.5, 0.6) is 0 Å². The van der Waals surface area contributed by atoms with Gasteiger partial charge in [-0.1, -0.05) is 36.4 Å². The van der Waals surface area contributed by atoms with Crippen molar-refractivity contribution in [3.05, 3.63) is 71.7 Å². The van der Waals surface area contributed by atoms with E-state index in [2.05, 4.69) is 21.2 Å². The number of anilines is 1. The topological polar surface area (TPSA) is 48.5 Å². The molecule has 0 aliphatic carbocycles. The predicted octanol–water partition coefficient (Wildman–Crippen LogP) is 5.05. The number of carbonyl (C=O) groups is 1. The molecule has 5 nitrogen and oxygen atoms in total. The highest BCUT2D eigenvalue weighted by Gasteiger charge is 2.22. The summed E-state index contributed by atoms with van der Waals surface area (Å²) in [5.41, 5.74) is 1.84. The fraction of sp³-hybridized carbons (Fsp3) is 0.448. The van der Waals surface area contributed by atoms with Crippen molar-refractivity contribution >= 4 is 22.5 Å². The van der Waals surface area contributed by atoms with Gasteiger partial charge in [0.15, 0.2) is 0 Å². The van der Waals surface area contributed by atoms with E-state index in [1.165, 1.54) is 37.0 Å². The van der Waals surface area contributed by atoms with E-state index in [0.717, 1.165) is 68.6 Å². The zero-order valence-electron chi connectivity index (χ0n) is 20.4. The fourth-order valence-corrected chi connectivity index (χ4v) is 5.40. The van der Waals surface area contributed by atoms with Crippen LogP contribution in [0.25, 0.3) is 10.8 Å². The lowest BCUT2D eigenvalue weighted by Crippen LogP contribution is -2.39. The van der Waals surface area contributed by atoms with Gasteiger partial charge < -0.3 is 15.1 Å². The summed E-state index contributed by atoms with van der Waals surface area (Å²) in [6.07, 6.45) is 8.54. The molecule has 184 valence electrons. The molecule has 2 aliphatic rings. The van der Waals surface area contributed by atoms with Crippen LogP contribution in [0.15, 0.2) is 54.7 Å². The smallest absolute Gasteiger partial charge is 0.253 e. The Labute approximate surface area is 207 Å². The molecule has 2 aromatic carbocycles. The SMILES string of the molecule is O=C(NCC1CCN(CCc2ccc(F)cc2)CC1)c1cnc(N2CCCCC2)c2ccccc12. The van der Waals surface area contributed by atoms with Crippen molar-refractivity contribution in [1.82, 2.24) is 15.2 Å². The van der Waals surface area contributed by atoms with Crippen LogP contribution in [-0.4, -0.2) is 55.1 Å². The van der Waals surface area contributed by atoms with Gasteiger partial charge in [0.25, 0.3) is 5.91 Å². The normalized spacial score (nSPS) is 17.6. The second-order valence-corrected chi connectivity index (χ2v) is 9.96. The molecule has 3 aromatic rings. The van der Waals surface area contributed by atoms with E-state index in [4.69, 9.17) is 4.98 Å². The number of hydrogen-bond donors (Lipinski definition) is 1. The first-order valence-electron chi connectivity index (χ1n) is 13.0. The first-order valence-corrected chi connectivity index (χ1v) is 13.0. The number of pyridine rings is 1. The van der Waals surface area contributed by atoms with Gasteiger partial charge >= 0.3 is 0 Å². The number of amides is 1. The minimum absolute atomic E-state index is 0.0300. The van der Waals surface area contributed by atoms with E-state index in [-0.39, 0.29) is 11.7 Å². The van der Waals surface area contributed by atoms with Crippen molar-refractivity contribution in [2.24, 2.45) is 5.92 Å². The van der Waals surface area contributed by atoms with E-state index < -0.39 is 0 Å². The molecule has 0 bridgehead atoms. The molecular weight excluding hydrogens is 439 g/mol. The molecule has 0 atom stereocenters. The predicted molar refractivity (Wildman–Crippen MR) is 139 cm³/mol. The Morgan fingerprint density at radius 1 is 0.943 bits per heavy atom. The van der Waals surface area contributed by atoms with Crippen LogP contribution < -0.4 is 10.2 Å². The zero-order valence-corrected chi connectivity index (χ0v) is 20.4. The maximum absolute atomic E-state index is 13.1. The largest absolute Gasteiger partial charge is 0.356 e. The third-order valence-electron chi connectivity index (χ3n) is 7.56. The highest BCUT2D eigenvalue weighted by atomic mass is 19.1. The molecule has 0 saturated carbocycles. The number of piperidine rings is 2. The van der Waals surface area contributed by atoms with Gasteiger partial charge in [0, 0.05) is 37.8 Å². The number of carbonyl (C=O) groups excluding carboxylic acids is 1. The standard InChI is InChI=1S/C29H35FN4O/c30-24-10-8-22(9-11-24)12-17-33-18-13-23(14-19-33)20-32-29(35)27-21-31-28(34-15-4-1-5-16-34)26-7-3-2-6-25(26)27/h2-3,6-11,21,23H,1,4-5,12-20H2,(H,32,35). The lowest BCUT2D eigenvalue weighted by Gasteiger charge is -2.32. The highest BCUT2D eigenvalue weighted by molar-refractivity contribution is 6.09. The highest BCUT2D eigenvalue weighted by Crippen LogP contribution is 2.29. The van der Waals surface area contributed by atoms with E-state index in [1.807, 2.05) is 30.3 Å². The van der Waals surface area contributed by atoms with Crippen molar-refractivity contribution in [3.63, 3.8) is 0 Å². The van der Waals surface area contributed by atoms with Crippen LogP contribution in [0.4, 0.5) is 10.2 Å². The summed E-state index contributed by atoms with van der Waals surface area (Å²) in [6.45, 7) is 5.84. The minimum Gasteiger partial charge on any atom is -0.356 e. The van der Waals surface area contributed by atoms with Crippen LogP contribution >= 0.6 is 0 Å². The van der Waals surface area contributed by atoms with Gasteiger partial charge in [-0.05, 0) is 80.6 Å². The quantitative estimate of drug-likeness (QED) is 0.521. The number of likely N-dealkylation sites (tertiary alicyclic amines) is 1. The Morgan fingerprint density at radius 2 is 1.66 bits per heavy atom. The van der Waals surface area contributed by atoms with Crippen molar-refractivity contribution in [2.75, 3.05) is 44.2 Å². The average Bonchev–Trinajstić information content (AvgIpc) is 2.92. The summed E-state index contributed by atoms with van der Waals surface area (Å²) in [6, 6.07) is 15.0. The van der Waals surface area contributed by atoms with E-state index >= 15 is 0 Å². The van der Waals surface area contributed by atoms with Crippen LogP contribution in [0, 0.1) is 11.7 Å². The number of fused-ring (bicyclic) bond motifs is 1. The lowest BCUT2D eigenvalue weighted by molar-refractivity contribution is 0.0937. The number of rotatable bonds is 7. The van der Waals surface area contributed by atoms with Gasteiger partial charge in [0.05, 0.1) is 5.56 Å². The van der Waals surface area contributed by atoms with Gasteiger partial charge in [0.2, 0.25) is 0 Å². The molecule has 5 rings (SSSR count). The molecule has 0 radical (unpaired) electrons. The van der Waals surface area contributed by atoms with Crippen molar-refractivity contribution in [3.8, 4) is 0 Å². The number of halogens is 1. The Balaban J connectivity index is 1.14. The molecule has 2 fully saturated rings. The Bertz CT molecular complexity index is 1140. The lowest BCUT2D eigenvalue weighted by atomic mass is 9.96. The summed E-state index contributed by atoms with van der Waals surface area (Å²) in [5, 5.41) is 5.24. The first kappa shape index (κ1) is 23.7. The summed E-state index contributed by atoms with van der Waals surface area (Å²) in [7, 11) is 0. The Morgan fingerprint density at radius 3 is 2.40 bits per heavy atom. The van der Waals surface area contributed by atoms with Gasteiger partial charge in [-0.2, -0.15) is 0 Å². The molecule has 3 heterocycles. The van der Waals surface area contributed by atoms with Gasteiger partial charge in [0.1, 0.15) is 11.6 Å². The average molecular weight is 475 g/mol. The maximum atomic E-state index is 13.1. The number of aromatic nitrogens is 1. The van der Waals surface area contributed by atoms with Gasteiger partial charge in [-0.15, -0.1) is 0 Å². The molecule has 1 aromatic heterocycles. The van der Waals surface area contributed by atoms with Crippen LogP contribution in [0.3, 0.4) is 0 Å². The van der Waals surface area contributed by atoms with Crippen molar-refractivity contribution in [2.45, 2.75) is 38.5 Å². The fourth-order valence-electron chi connectivity index (χ4n) is 5.40.